The van der Waals surface area contributed by atoms with Crippen LogP contribution < -0.4 is 11.1 Å². The third-order valence-electron chi connectivity index (χ3n) is 2.69. The quantitative estimate of drug-likeness (QED) is 0.759. The predicted molar refractivity (Wildman–Crippen MR) is 73.6 cm³/mol. The van der Waals surface area contributed by atoms with E-state index in [1.54, 1.807) is 7.11 Å². The van der Waals surface area contributed by atoms with Crippen LogP contribution in [0.3, 0.4) is 0 Å². The van der Waals surface area contributed by atoms with Gasteiger partial charge in [-0.25, -0.2) is 0 Å². The number of hydrogen-bond donors (Lipinski definition) is 2. The maximum Gasteiger partial charge on any atom is 0.241 e. The number of carbonyl (C=O) groups is 1. The van der Waals surface area contributed by atoms with E-state index in [1.807, 2.05) is 26.0 Å². The number of hydrogen-bond acceptors (Lipinski definition) is 3. The summed E-state index contributed by atoms with van der Waals surface area (Å²) < 4.78 is 4.93. The average molecular weight is 250 g/mol. The van der Waals surface area contributed by atoms with Gasteiger partial charge in [0.05, 0.1) is 6.04 Å². The lowest BCUT2D eigenvalue weighted by Crippen LogP contribution is -2.35. The standard InChI is InChI=1S/C14H22N2O2/c1-10-7-11(2)9-12(8-10)16-14(17)13(15)5-4-6-18-3/h7-9,13H,4-6,15H2,1-3H3,(H,16,17). The zero-order valence-corrected chi connectivity index (χ0v) is 11.3. The number of nitrogens with two attached hydrogens (primary N) is 1. The van der Waals surface area contributed by atoms with Crippen molar-refractivity contribution >= 4 is 11.6 Å². The summed E-state index contributed by atoms with van der Waals surface area (Å²) >= 11 is 0. The number of carbonyl (C=O) groups excluding carboxylic acids is 1. The van der Waals surface area contributed by atoms with Crippen LogP contribution in [0.15, 0.2) is 18.2 Å². The summed E-state index contributed by atoms with van der Waals surface area (Å²) in [7, 11) is 1.64. The van der Waals surface area contributed by atoms with Crippen molar-refractivity contribution in [3.8, 4) is 0 Å². The van der Waals surface area contributed by atoms with Crippen LogP contribution in [0.4, 0.5) is 5.69 Å². The lowest BCUT2D eigenvalue weighted by atomic mass is 10.1. The number of ether oxygens (including phenoxy) is 1. The average Bonchev–Trinajstić information content (AvgIpc) is 2.27. The van der Waals surface area contributed by atoms with Gasteiger partial charge >= 0.3 is 0 Å². The summed E-state index contributed by atoms with van der Waals surface area (Å²) in [5, 5.41) is 2.85. The number of methoxy groups -OCH3 is 1. The third kappa shape index (κ3) is 4.85. The molecule has 1 rings (SSSR count). The molecule has 1 unspecified atom stereocenters. The second-order valence-electron chi connectivity index (χ2n) is 4.61. The Bertz CT molecular complexity index is 385. The zero-order valence-electron chi connectivity index (χ0n) is 11.3. The zero-order chi connectivity index (χ0) is 13.5. The van der Waals surface area contributed by atoms with Gasteiger partial charge in [-0.2, -0.15) is 0 Å². The van der Waals surface area contributed by atoms with Crippen LogP contribution in [-0.2, 0) is 9.53 Å². The molecule has 0 aliphatic rings. The van der Waals surface area contributed by atoms with Crippen molar-refractivity contribution in [3.05, 3.63) is 29.3 Å². The Labute approximate surface area is 109 Å². The van der Waals surface area contributed by atoms with Crippen molar-refractivity contribution in [1.29, 1.82) is 0 Å². The fourth-order valence-electron chi connectivity index (χ4n) is 1.86. The maximum atomic E-state index is 11.9. The second kappa shape index (κ2) is 7.13. The Hall–Kier alpha value is -1.39. The number of benzene rings is 1. The fourth-order valence-corrected chi connectivity index (χ4v) is 1.86. The minimum absolute atomic E-state index is 0.142. The SMILES string of the molecule is COCCCC(N)C(=O)Nc1cc(C)cc(C)c1. The van der Waals surface area contributed by atoms with Crippen molar-refractivity contribution in [2.24, 2.45) is 5.73 Å². The highest BCUT2D eigenvalue weighted by Crippen LogP contribution is 2.14. The highest BCUT2D eigenvalue weighted by Gasteiger charge is 2.13. The Morgan fingerprint density at radius 2 is 1.94 bits per heavy atom. The molecule has 0 aromatic heterocycles. The van der Waals surface area contributed by atoms with Crippen molar-refractivity contribution < 1.29 is 9.53 Å². The van der Waals surface area contributed by atoms with Crippen LogP contribution in [0.2, 0.25) is 0 Å². The molecule has 0 fully saturated rings. The first-order chi connectivity index (χ1) is 8.52. The third-order valence-corrected chi connectivity index (χ3v) is 2.69. The van der Waals surface area contributed by atoms with Crippen molar-refractivity contribution in [2.75, 3.05) is 19.0 Å². The van der Waals surface area contributed by atoms with Gasteiger partial charge in [-0.05, 0) is 49.9 Å². The number of nitrogens with one attached hydrogen (secondary N) is 1. The molecule has 18 heavy (non-hydrogen) atoms. The van der Waals surface area contributed by atoms with Gasteiger partial charge in [-0.1, -0.05) is 6.07 Å². The first kappa shape index (κ1) is 14.7. The number of amides is 1. The summed E-state index contributed by atoms with van der Waals surface area (Å²) in [6, 6.07) is 5.45. The summed E-state index contributed by atoms with van der Waals surface area (Å²) in [4.78, 5) is 11.9. The van der Waals surface area contributed by atoms with Gasteiger partial charge in [0.1, 0.15) is 0 Å². The first-order valence-corrected chi connectivity index (χ1v) is 6.16. The van der Waals surface area contributed by atoms with E-state index in [2.05, 4.69) is 11.4 Å². The van der Waals surface area contributed by atoms with E-state index in [1.165, 1.54) is 0 Å². The molecule has 0 saturated heterocycles. The maximum absolute atomic E-state index is 11.9. The Morgan fingerprint density at radius 1 is 1.33 bits per heavy atom. The molecule has 1 amide bonds. The number of rotatable bonds is 6. The van der Waals surface area contributed by atoms with Gasteiger partial charge in [0.25, 0.3) is 0 Å². The normalized spacial score (nSPS) is 12.2. The van der Waals surface area contributed by atoms with Crippen LogP contribution in [0.5, 0.6) is 0 Å². The van der Waals surface area contributed by atoms with Gasteiger partial charge in [0.2, 0.25) is 5.91 Å². The molecule has 0 saturated carbocycles. The van der Waals surface area contributed by atoms with E-state index < -0.39 is 6.04 Å². The smallest absolute Gasteiger partial charge is 0.241 e. The van der Waals surface area contributed by atoms with Gasteiger partial charge < -0.3 is 15.8 Å². The molecule has 1 aromatic carbocycles. The van der Waals surface area contributed by atoms with Crippen LogP contribution in [0.25, 0.3) is 0 Å². The Kier molecular flexibility index (Phi) is 5.82. The van der Waals surface area contributed by atoms with E-state index in [4.69, 9.17) is 10.5 Å². The molecule has 0 aliphatic carbocycles. The molecule has 0 bridgehead atoms. The molecule has 4 heteroatoms. The molecule has 0 radical (unpaired) electrons. The fraction of sp³-hybridized carbons (Fsp3) is 0.500. The summed E-state index contributed by atoms with van der Waals surface area (Å²) in [5.41, 5.74) is 8.87. The second-order valence-corrected chi connectivity index (χ2v) is 4.61. The van der Waals surface area contributed by atoms with Crippen LogP contribution in [-0.4, -0.2) is 25.7 Å². The van der Waals surface area contributed by atoms with Gasteiger partial charge in [0.15, 0.2) is 0 Å². The Morgan fingerprint density at radius 3 is 2.50 bits per heavy atom. The number of aryl methyl sites for hydroxylation is 2. The summed E-state index contributed by atoms with van der Waals surface area (Å²) in [6.07, 6.45) is 1.42. The predicted octanol–water partition coefficient (Wildman–Crippen LogP) is 2.00. The summed E-state index contributed by atoms with van der Waals surface area (Å²) in [5.74, 6) is -0.142. The van der Waals surface area contributed by atoms with Crippen molar-refractivity contribution in [1.82, 2.24) is 0 Å². The summed E-state index contributed by atoms with van der Waals surface area (Å²) in [6.45, 7) is 4.63. The highest BCUT2D eigenvalue weighted by molar-refractivity contribution is 5.94. The monoisotopic (exact) mass is 250 g/mol. The molecular formula is C14H22N2O2. The van der Waals surface area contributed by atoms with Crippen molar-refractivity contribution in [2.45, 2.75) is 32.7 Å². The molecule has 0 aliphatic heterocycles. The molecule has 0 heterocycles. The molecular weight excluding hydrogens is 228 g/mol. The molecule has 1 atom stereocenters. The number of anilines is 1. The van der Waals surface area contributed by atoms with Crippen LogP contribution >= 0.6 is 0 Å². The van der Waals surface area contributed by atoms with Crippen LogP contribution in [0, 0.1) is 13.8 Å². The van der Waals surface area contributed by atoms with Gasteiger partial charge in [-0.3, -0.25) is 4.79 Å². The topological polar surface area (TPSA) is 64.3 Å². The molecule has 4 nitrogen and oxygen atoms in total. The van der Waals surface area contributed by atoms with Crippen LogP contribution in [0.1, 0.15) is 24.0 Å². The van der Waals surface area contributed by atoms with E-state index in [-0.39, 0.29) is 5.91 Å². The van der Waals surface area contributed by atoms with E-state index in [0.717, 1.165) is 23.2 Å². The highest BCUT2D eigenvalue weighted by atomic mass is 16.5. The lowest BCUT2D eigenvalue weighted by molar-refractivity contribution is -0.117. The molecule has 0 spiro atoms. The van der Waals surface area contributed by atoms with Gasteiger partial charge in [0, 0.05) is 19.4 Å². The molecule has 100 valence electrons. The van der Waals surface area contributed by atoms with E-state index in [0.29, 0.717) is 13.0 Å². The minimum Gasteiger partial charge on any atom is -0.385 e. The van der Waals surface area contributed by atoms with E-state index in [9.17, 15) is 4.79 Å². The lowest BCUT2D eigenvalue weighted by Gasteiger charge is -2.13. The van der Waals surface area contributed by atoms with Gasteiger partial charge in [-0.15, -0.1) is 0 Å². The first-order valence-electron chi connectivity index (χ1n) is 6.16. The molecule has 3 N–H and O–H groups in total. The Balaban J connectivity index is 2.52. The van der Waals surface area contributed by atoms with Crippen molar-refractivity contribution in [3.63, 3.8) is 0 Å². The minimum atomic E-state index is -0.485. The van der Waals surface area contributed by atoms with E-state index >= 15 is 0 Å². The molecule has 1 aromatic rings. The largest absolute Gasteiger partial charge is 0.385 e.